The summed E-state index contributed by atoms with van der Waals surface area (Å²) in [7, 11) is 0. The van der Waals surface area contributed by atoms with E-state index in [1.165, 1.54) is 27.6 Å². The zero-order valence-corrected chi connectivity index (χ0v) is 27.6. The average Bonchev–Trinajstić information content (AvgIpc) is 3.72. The highest BCUT2D eigenvalue weighted by atomic mass is 16.5. The SMILES string of the molecule is Cc1c(-c2ccccc2)cccc1-[n+]1[c-]n(-c2cccc(Oc3ccc4c5ccccc5n(-c5cc(C(C)(C)C)ccn5)c4c3)c2)cc1. The van der Waals surface area contributed by atoms with Crippen molar-refractivity contribution in [3.05, 3.63) is 163 Å². The number of nitrogens with zero attached hydrogens (tertiary/aromatic N) is 4. The Morgan fingerprint density at radius 3 is 2.33 bits per heavy atom. The molecule has 48 heavy (non-hydrogen) atoms. The van der Waals surface area contributed by atoms with Crippen LogP contribution in [0, 0.1) is 13.3 Å². The number of ether oxygens (including phenoxy) is 1. The first-order valence-electron chi connectivity index (χ1n) is 16.3. The molecule has 0 amide bonds. The smallest absolute Gasteiger partial charge is 0.268 e. The number of hydrogen-bond acceptors (Lipinski definition) is 2. The third kappa shape index (κ3) is 5.33. The highest BCUT2D eigenvalue weighted by molar-refractivity contribution is 6.09. The molecule has 8 aromatic rings. The Hall–Kier alpha value is -5.94. The van der Waals surface area contributed by atoms with Crippen LogP contribution < -0.4 is 9.30 Å². The van der Waals surface area contributed by atoms with Gasteiger partial charge in [-0.25, -0.2) is 4.98 Å². The van der Waals surface area contributed by atoms with Crippen molar-refractivity contribution in [2.24, 2.45) is 0 Å². The van der Waals surface area contributed by atoms with Gasteiger partial charge in [0.1, 0.15) is 17.3 Å². The lowest BCUT2D eigenvalue weighted by Gasteiger charge is -2.20. The summed E-state index contributed by atoms with van der Waals surface area (Å²) in [6, 6.07) is 44.1. The third-order valence-corrected chi connectivity index (χ3v) is 9.05. The minimum atomic E-state index is 0.0111. The van der Waals surface area contributed by atoms with Gasteiger partial charge >= 0.3 is 0 Å². The van der Waals surface area contributed by atoms with E-state index in [0.29, 0.717) is 0 Å². The van der Waals surface area contributed by atoms with E-state index in [0.717, 1.165) is 45.1 Å². The van der Waals surface area contributed by atoms with Crippen molar-refractivity contribution < 1.29 is 9.30 Å². The van der Waals surface area contributed by atoms with Crippen molar-refractivity contribution in [1.29, 1.82) is 0 Å². The molecule has 3 aromatic heterocycles. The summed E-state index contributed by atoms with van der Waals surface area (Å²) in [5, 5.41) is 2.35. The fourth-order valence-corrected chi connectivity index (χ4v) is 6.51. The van der Waals surface area contributed by atoms with Crippen molar-refractivity contribution in [2.45, 2.75) is 33.1 Å². The van der Waals surface area contributed by atoms with Crippen molar-refractivity contribution in [1.82, 2.24) is 14.1 Å². The molecule has 0 radical (unpaired) electrons. The monoisotopic (exact) mass is 624 g/mol. The van der Waals surface area contributed by atoms with E-state index in [1.54, 1.807) is 0 Å². The molecule has 0 aliphatic carbocycles. The summed E-state index contributed by atoms with van der Waals surface area (Å²) < 4.78 is 12.8. The maximum Gasteiger partial charge on any atom is 0.268 e. The van der Waals surface area contributed by atoms with Gasteiger partial charge in [-0.2, -0.15) is 0 Å². The predicted octanol–water partition coefficient (Wildman–Crippen LogP) is 10.1. The Bertz CT molecular complexity index is 2430. The van der Waals surface area contributed by atoms with Gasteiger partial charge < -0.3 is 4.74 Å². The molecule has 5 aromatic carbocycles. The Labute approximate surface area is 281 Å². The molecule has 0 saturated carbocycles. The molecule has 5 nitrogen and oxygen atoms in total. The van der Waals surface area contributed by atoms with Gasteiger partial charge in [-0.3, -0.25) is 13.7 Å². The largest absolute Gasteiger partial charge is 0.458 e. The third-order valence-electron chi connectivity index (χ3n) is 9.05. The zero-order chi connectivity index (χ0) is 32.8. The highest BCUT2D eigenvalue weighted by Gasteiger charge is 2.18. The molecule has 0 atom stereocenters. The predicted molar refractivity (Wildman–Crippen MR) is 194 cm³/mol. The second-order valence-electron chi connectivity index (χ2n) is 13.2. The summed E-state index contributed by atoms with van der Waals surface area (Å²) in [6.07, 6.45) is 9.48. The van der Waals surface area contributed by atoms with Crippen molar-refractivity contribution >= 4 is 21.8 Å². The van der Waals surface area contributed by atoms with Crippen LogP contribution >= 0.6 is 0 Å². The number of pyridine rings is 1. The van der Waals surface area contributed by atoms with E-state index in [-0.39, 0.29) is 5.41 Å². The number of aromatic nitrogens is 4. The number of para-hydroxylation sites is 1. The maximum absolute atomic E-state index is 6.52. The van der Waals surface area contributed by atoms with Gasteiger partial charge in [0.25, 0.3) is 6.33 Å². The summed E-state index contributed by atoms with van der Waals surface area (Å²) in [6.45, 7) is 8.85. The Morgan fingerprint density at radius 1 is 0.708 bits per heavy atom. The van der Waals surface area contributed by atoms with Crippen LogP contribution in [0.25, 0.3) is 50.1 Å². The summed E-state index contributed by atoms with van der Waals surface area (Å²) in [5.41, 5.74) is 9.09. The molecule has 0 fully saturated rings. The van der Waals surface area contributed by atoms with Gasteiger partial charge in [0.05, 0.1) is 22.4 Å². The van der Waals surface area contributed by atoms with Crippen LogP contribution in [0.5, 0.6) is 11.5 Å². The lowest BCUT2D eigenvalue weighted by atomic mass is 9.88. The summed E-state index contributed by atoms with van der Waals surface area (Å²) >= 11 is 0. The molecular weight excluding hydrogens is 589 g/mol. The molecule has 0 unspecified atom stereocenters. The molecule has 0 saturated heterocycles. The molecule has 0 N–H and O–H groups in total. The maximum atomic E-state index is 6.52. The van der Waals surface area contributed by atoms with Crippen LogP contribution in [0.4, 0.5) is 0 Å². The van der Waals surface area contributed by atoms with E-state index in [9.17, 15) is 0 Å². The van der Waals surface area contributed by atoms with Gasteiger partial charge in [0.15, 0.2) is 0 Å². The normalized spacial score (nSPS) is 11.8. The quantitative estimate of drug-likeness (QED) is 0.136. The first-order valence-corrected chi connectivity index (χ1v) is 16.3. The number of benzene rings is 5. The van der Waals surface area contributed by atoms with E-state index in [4.69, 9.17) is 9.72 Å². The first-order chi connectivity index (χ1) is 23.3. The van der Waals surface area contributed by atoms with Gasteiger partial charge in [0, 0.05) is 35.4 Å². The molecule has 234 valence electrons. The van der Waals surface area contributed by atoms with E-state index >= 15 is 0 Å². The van der Waals surface area contributed by atoms with E-state index < -0.39 is 0 Å². The van der Waals surface area contributed by atoms with Crippen LogP contribution in [0.2, 0.25) is 0 Å². The zero-order valence-electron chi connectivity index (χ0n) is 27.6. The Morgan fingerprint density at radius 2 is 1.48 bits per heavy atom. The lowest BCUT2D eigenvalue weighted by Crippen LogP contribution is -2.29. The minimum Gasteiger partial charge on any atom is -0.458 e. The Kier molecular flexibility index (Phi) is 7.18. The topological polar surface area (TPSA) is 35.9 Å². The molecule has 0 aliphatic rings. The standard InChI is InChI=1S/C43H36N4O/c1-30-36(31-12-6-5-7-13-31)17-11-19-39(30)46-25-24-45(29-46)33-14-10-15-34(27-33)48-35-20-21-38-37-16-8-9-18-40(37)47(41(38)28-35)42-26-32(22-23-44-42)43(2,3)4/h5-28H,1-4H3. The van der Waals surface area contributed by atoms with Crippen LogP contribution in [0.1, 0.15) is 31.9 Å². The van der Waals surface area contributed by atoms with Crippen molar-refractivity contribution in [3.63, 3.8) is 0 Å². The number of rotatable bonds is 6. The molecule has 3 heterocycles. The molecule has 0 aliphatic heterocycles. The van der Waals surface area contributed by atoms with Gasteiger partial charge in [-0.15, -0.1) is 0 Å². The number of imidazole rings is 1. The second kappa shape index (κ2) is 11.7. The lowest BCUT2D eigenvalue weighted by molar-refractivity contribution is -0.599. The molecular formula is C43H36N4O. The van der Waals surface area contributed by atoms with Crippen LogP contribution in [-0.2, 0) is 5.41 Å². The van der Waals surface area contributed by atoms with Crippen molar-refractivity contribution in [2.75, 3.05) is 0 Å². The average molecular weight is 625 g/mol. The van der Waals surface area contributed by atoms with E-state index in [1.807, 2.05) is 58.1 Å². The highest BCUT2D eigenvalue weighted by Crippen LogP contribution is 2.36. The minimum absolute atomic E-state index is 0.0111. The van der Waals surface area contributed by atoms with Gasteiger partial charge in [0.2, 0.25) is 0 Å². The molecule has 0 bridgehead atoms. The van der Waals surface area contributed by atoms with Crippen molar-refractivity contribution in [3.8, 4) is 39.8 Å². The first kappa shape index (κ1) is 29.5. The van der Waals surface area contributed by atoms with E-state index in [2.05, 4.69) is 136 Å². The Balaban J connectivity index is 1.13. The summed E-state index contributed by atoms with van der Waals surface area (Å²) in [5.74, 6) is 2.41. The summed E-state index contributed by atoms with van der Waals surface area (Å²) in [4.78, 5) is 4.82. The van der Waals surface area contributed by atoms with Gasteiger partial charge in [-0.05, 0) is 89.2 Å². The second-order valence-corrected chi connectivity index (χ2v) is 13.2. The fourth-order valence-electron chi connectivity index (χ4n) is 6.51. The van der Waals surface area contributed by atoms with Crippen LogP contribution in [0.3, 0.4) is 0 Å². The fraction of sp³-hybridized carbons (Fsp3) is 0.116. The molecule has 0 spiro atoms. The molecule has 8 rings (SSSR count). The van der Waals surface area contributed by atoms with Gasteiger partial charge in [-0.1, -0.05) is 87.5 Å². The number of fused-ring (bicyclic) bond motifs is 3. The molecule has 5 heteroatoms. The number of hydrogen-bond donors (Lipinski definition) is 0. The van der Waals surface area contributed by atoms with Crippen LogP contribution in [-0.4, -0.2) is 14.1 Å². The van der Waals surface area contributed by atoms with Crippen LogP contribution in [0.15, 0.2) is 146 Å².